The smallest absolute Gasteiger partial charge is 0.231 e. The summed E-state index contributed by atoms with van der Waals surface area (Å²) in [4.78, 5) is 17.8. The highest BCUT2D eigenvalue weighted by Crippen LogP contribution is 2.56. The minimum absolute atomic E-state index is 0.0217. The molecule has 2 heterocycles. The van der Waals surface area contributed by atoms with Crippen LogP contribution >= 0.6 is 11.3 Å². The molecule has 4 atom stereocenters. The van der Waals surface area contributed by atoms with E-state index in [1.807, 2.05) is 48.0 Å². The molecule has 3 aromatic rings. The summed E-state index contributed by atoms with van der Waals surface area (Å²) in [5.74, 6) is 2.10. The molecule has 1 aromatic carbocycles. The second-order valence-corrected chi connectivity index (χ2v) is 8.49. The molecule has 27 heavy (non-hydrogen) atoms. The Kier molecular flexibility index (Phi) is 4.08. The molecule has 0 saturated heterocycles. The van der Waals surface area contributed by atoms with Gasteiger partial charge < -0.3 is 9.84 Å². The third-order valence-corrected chi connectivity index (χ3v) is 6.69. The molecule has 0 radical (unpaired) electrons. The molecular formula is C21H21N3O2S. The summed E-state index contributed by atoms with van der Waals surface area (Å²) in [5.41, 5.74) is 2.96. The summed E-state index contributed by atoms with van der Waals surface area (Å²) in [6, 6.07) is 9.92. The fourth-order valence-corrected chi connectivity index (χ4v) is 5.49. The molecule has 0 spiro atoms. The molecule has 1 amide bonds. The zero-order valence-electron chi connectivity index (χ0n) is 15.1. The first-order valence-electron chi connectivity index (χ1n) is 9.43. The topological polar surface area (TPSA) is 68.0 Å². The molecule has 1 N–H and O–H groups in total. The first-order chi connectivity index (χ1) is 13.2. The number of amides is 1. The van der Waals surface area contributed by atoms with Crippen LogP contribution < -0.4 is 5.32 Å². The second kappa shape index (κ2) is 6.60. The van der Waals surface area contributed by atoms with Crippen molar-refractivity contribution < 1.29 is 9.32 Å². The molecule has 138 valence electrons. The van der Waals surface area contributed by atoms with Crippen LogP contribution in [-0.2, 0) is 4.79 Å². The van der Waals surface area contributed by atoms with E-state index >= 15 is 0 Å². The number of nitrogens with one attached hydrogen (secondary N) is 1. The number of hydrogen-bond acceptors (Lipinski definition) is 5. The van der Waals surface area contributed by atoms with E-state index in [-0.39, 0.29) is 17.7 Å². The van der Waals surface area contributed by atoms with Gasteiger partial charge in [-0.15, -0.1) is 0 Å². The quantitative estimate of drug-likeness (QED) is 0.702. The lowest BCUT2D eigenvalue weighted by Gasteiger charge is -2.27. The molecule has 2 aliphatic carbocycles. The first-order valence-corrected chi connectivity index (χ1v) is 10.4. The van der Waals surface area contributed by atoms with Gasteiger partial charge in [-0.2, -0.15) is 16.3 Å². The molecule has 2 aliphatic rings. The van der Waals surface area contributed by atoms with Gasteiger partial charge >= 0.3 is 0 Å². The van der Waals surface area contributed by atoms with Crippen molar-refractivity contribution in [3.8, 4) is 11.4 Å². The predicted octanol–water partition coefficient (Wildman–Crippen LogP) is 4.87. The van der Waals surface area contributed by atoms with Gasteiger partial charge in [-0.3, -0.25) is 4.79 Å². The fourth-order valence-electron chi connectivity index (χ4n) is 4.85. The van der Waals surface area contributed by atoms with Gasteiger partial charge in [0.25, 0.3) is 0 Å². The number of hydrogen-bond donors (Lipinski definition) is 1. The van der Waals surface area contributed by atoms with Gasteiger partial charge in [0.05, 0.1) is 11.8 Å². The number of fused-ring (bicyclic) bond motifs is 2. The Morgan fingerprint density at radius 3 is 2.96 bits per heavy atom. The SMILES string of the molecule is Cc1cccc(NC(=O)[C@H]2[C@H]3CC[C@H](C3)[C@@H]2c2nc(-c3ccsc3)no2)c1. The van der Waals surface area contributed by atoms with Crippen LogP contribution in [0.2, 0.25) is 0 Å². The molecular weight excluding hydrogens is 358 g/mol. The number of rotatable bonds is 4. The molecule has 2 fully saturated rings. The highest BCUT2D eigenvalue weighted by atomic mass is 32.1. The molecule has 5 rings (SSSR count). The van der Waals surface area contributed by atoms with Gasteiger partial charge in [0, 0.05) is 16.6 Å². The van der Waals surface area contributed by atoms with Crippen molar-refractivity contribution in [1.82, 2.24) is 10.1 Å². The molecule has 0 aliphatic heterocycles. The summed E-state index contributed by atoms with van der Waals surface area (Å²) < 4.78 is 5.64. The molecule has 2 bridgehead atoms. The van der Waals surface area contributed by atoms with Crippen molar-refractivity contribution >= 4 is 22.9 Å². The summed E-state index contributed by atoms with van der Waals surface area (Å²) in [6.07, 6.45) is 3.32. The van der Waals surface area contributed by atoms with Gasteiger partial charge in [-0.1, -0.05) is 17.3 Å². The van der Waals surface area contributed by atoms with Crippen LogP contribution in [0.5, 0.6) is 0 Å². The van der Waals surface area contributed by atoms with E-state index in [1.165, 1.54) is 0 Å². The van der Waals surface area contributed by atoms with Crippen LogP contribution in [0.4, 0.5) is 5.69 Å². The van der Waals surface area contributed by atoms with Gasteiger partial charge in [0.2, 0.25) is 17.6 Å². The summed E-state index contributed by atoms with van der Waals surface area (Å²) in [7, 11) is 0. The van der Waals surface area contributed by atoms with Crippen LogP contribution in [0.15, 0.2) is 45.6 Å². The number of carbonyl (C=O) groups excluding carboxylic acids is 1. The number of carbonyl (C=O) groups is 1. The third kappa shape index (κ3) is 2.98. The fraction of sp³-hybridized carbons (Fsp3) is 0.381. The van der Waals surface area contributed by atoms with Gasteiger partial charge in [-0.05, 0) is 67.2 Å². The lowest BCUT2D eigenvalue weighted by atomic mass is 9.78. The Morgan fingerprint density at radius 2 is 2.15 bits per heavy atom. The number of benzene rings is 1. The van der Waals surface area contributed by atoms with Crippen molar-refractivity contribution in [3.63, 3.8) is 0 Å². The summed E-state index contributed by atoms with van der Waals surface area (Å²) in [5, 5.41) is 11.3. The van der Waals surface area contributed by atoms with Crippen LogP contribution in [0.3, 0.4) is 0 Å². The van der Waals surface area contributed by atoms with Crippen LogP contribution in [-0.4, -0.2) is 16.0 Å². The molecule has 0 unspecified atom stereocenters. The van der Waals surface area contributed by atoms with Crippen LogP contribution in [0, 0.1) is 24.7 Å². The highest BCUT2D eigenvalue weighted by Gasteiger charge is 2.53. The molecule has 5 nitrogen and oxygen atoms in total. The molecule has 2 aromatic heterocycles. The Morgan fingerprint density at radius 1 is 1.26 bits per heavy atom. The van der Waals surface area contributed by atoms with Crippen molar-refractivity contribution in [3.05, 3.63) is 52.5 Å². The normalized spacial score (nSPS) is 26.4. The largest absolute Gasteiger partial charge is 0.339 e. The number of aromatic nitrogens is 2. The molecule has 2 saturated carbocycles. The van der Waals surface area contributed by atoms with E-state index in [2.05, 4.69) is 15.5 Å². The minimum atomic E-state index is -0.0972. The first kappa shape index (κ1) is 16.7. The van der Waals surface area contributed by atoms with Crippen LogP contribution in [0.1, 0.15) is 36.6 Å². The van der Waals surface area contributed by atoms with E-state index in [0.717, 1.165) is 36.1 Å². The van der Waals surface area contributed by atoms with Crippen molar-refractivity contribution in [2.24, 2.45) is 17.8 Å². The van der Waals surface area contributed by atoms with E-state index in [1.54, 1.807) is 11.3 Å². The predicted molar refractivity (Wildman–Crippen MR) is 104 cm³/mol. The van der Waals surface area contributed by atoms with Crippen molar-refractivity contribution in [2.75, 3.05) is 5.32 Å². The zero-order valence-corrected chi connectivity index (χ0v) is 15.9. The molecule has 6 heteroatoms. The summed E-state index contributed by atoms with van der Waals surface area (Å²) >= 11 is 1.61. The lowest BCUT2D eigenvalue weighted by molar-refractivity contribution is -0.122. The number of thiophene rings is 1. The zero-order chi connectivity index (χ0) is 18.4. The Bertz CT molecular complexity index is 965. The van der Waals surface area contributed by atoms with Gasteiger partial charge in [0.1, 0.15) is 0 Å². The van der Waals surface area contributed by atoms with E-state index in [0.29, 0.717) is 23.6 Å². The minimum Gasteiger partial charge on any atom is -0.339 e. The van der Waals surface area contributed by atoms with Crippen LogP contribution in [0.25, 0.3) is 11.4 Å². The lowest BCUT2D eigenvalue weighted by Crippen LogP contribution is -2.33. The Hall–Kier alpha value is -2.47. The van der Waals surface area contributed by atoms with Crippen molar-refractivity contribution in [2.45, 2.75) is 32.1 Å². The summed E-state index contributed by atoms with van der Waals surface area (Å²) in [6.45, 7) is 2.03. The maximum absolute atomic E-state index is 13.1. The second-order valence-electron chi connectivity index (χ2n) is 7.71. The standard InChI is InChI=1S/C21H21N3O2S/c1-12-3-2-4-16(9-12)22-20(25)17-13-5-6-14(10-13)18(17)21-23-19(24-26-21)15-7-8-27-11-15/h2-4,7-9,11,13-14,17-18H,5-6,10H2,1H3,(H,22,25)/t13-,14+,17-,18-/m0/s1. The van der Waals surface area contributed by atoms with E-state index < -0.39 is 0 Å². The van der Waals surface area contributed by atoms with Crippen molar-refractivity contribution in [1.29, 1.82) is 0 Å². The third-order valence-electron chi connectivity index (χ3n) is 6.01. The van der Waals surface area contributed by atoms with Gasteiger partial charge in [-0.25, -0.2) is 0 Å². The number of anilines is 1. The monoisotopic (exact) mass is 379 g/mol. The highest BCUT2D eigenvalue weighted by molar-refractivity contribution is 7.08. The Balaban J connectivity index is 1.42. The average molecular weight is 379 g/mol. The Labute approximate surface area is 161 Å². The average Bonchev–Trinajstić information content (AvgIpc) is 3.44. The maximum atomic E-state index is 13.1. The maximum Gasteiger partial charge on any atom is 0.231 e. The van der Waals surface area contributed by atoms with Gasteiger partial charge in [0.15, 0.2) is 0 Å². The van der Waals surface area contributed by atoms with E-state index in [9.17, 15) is 4.79 Å². The van der Waals surface area contributed by atoms with E-state index in [4.69, 9.17) is 4.52 Å². The number of aryl methyl sites for hydroxylation is 1. The number of nitrogens with zero attached hydrogens (tertiary/aromatic N) is 2.